The SMILES string of the molecule is CC1(O)CCCN(C(=O)CS)C1. The molecule has 1 heterocycles. The summed E-state index contributed by atoms with van der Waals surface area (Å²) in [5, 5.41) is 9.67. The van der Waals surface area contributed by atoms with Gasteiger partial charge in [0.15, 0.2) is 0 Å². The van der Waals surface area contributed by atoms with Crippen molar-refractivity contribution in [1.82, 2.24) is 4.90 Å². The molecule has 1 saturated heterocycles. The summed E-state index contributed by atoms with van der Waals surface area (Å²) in [7, 11) is 0. The summed E-state index contributed by atoms with van der Waals surface area (Å²) in [6.45, 7) is 2.98. The maximum absolute atomic E-state index is 11.2. The molecule has 0 aromatic carbocycles. The smallest absolute Gasteiger partial charge is 0.232 e. The highest BCUT2D eigenvalue weighted by Gasteiger charge is 2.30. The van der Waals surface area contributed by atoms with Crippen LogP contribution in [-0.4, -0.2) is 40.4 Å². The molecule has 1 aliphatic heterocycles. The first-order chi connectivity index (χ1) is 5.55. The largest absolute Gasteiger partial charge is 0.388 e. The fourth-order valence-corrected chi connectivity index (χ4v) is 1.73. The predicted octanol–water partition coefficient (Wildman–Crippen LogP) is 0.290. The maximum Gasteiger partial charge on any atom is 0.232 e. The summed E-state index contributed by atoms with van der Waals surface area (Å²) in [6, 6.07) is 0. The van der Waals surface area contributed by atoms with Crippen LogP contribution in [0.4, 0.5) is 0 Å². The minimum Gasteiger partial charge on any atom is -0.388 e. The summed E-state index contributed by atoms with van der Waals surface area (Å²) in [5.74, 6) is 0.245. The predicted molar refractivity (Wildman–Crippen MR) is 50.3 cm³/mol. The van der Waals surface area contributed by atoms with Gasteiger partial charge in [-0.3, -0.25) is 4.79 Å². The van der Waals surface area contributed by atoms with Crippen LogP contribution in [0.2, 0.25) is 0 Å². The lowest BCUT2D eigenvalue weighted by molar-refractivity contribution is -0.134. The average molecular weight is 189 g/mol. The summed E-state index contributed by atoms with van der Waals surface area (Å²) in [4.78, 5) is 12.9. The molecule has 12 heavy (non-hydrogen) atoms. The standard InChI is InChI=1S/C8H15NO2S/c1-8(11)3-2-4-9(6-8)7(10)5-12/h11-12H,2-6H2,1H3. The minimum absolute atomic E-state index is 0.0123. The molecule has 3 nitrogen and oxygen atoms in total. The molecular formula is C8H15NO2S. The van der Waals surface area contributed by atoms with Crippen LogP contribution in [0, 0.1) is 0 Å². The van der Waals surface area contributed by atoms with E-state index in [9.17, 15) is 9.90 Å². The molecule has 0 aliphatic carbocycles. The van der Waals surface area contributed by atoms with Crippen molar-refractivity contribution in [3.63, 3.8) is 0 Å². The number of rotatable bonds is 1. The van der Waals surface area contributed by atoms with Gasteiger partial charge >= 0.3 is 0 Å². The summed E-state index contributed by atoms with van der Waals surface area (Å²) >= 11 is 3.91. The van der Waals surface area contributed by atoms with Gasteiger partial charge in [-0.05, 0) is 19.8 Å². The normalized spacial score (nSPS) is 30.4. The van der Waals surface area contributed by atoms with Gasteiger partial charge in [-0.25, -0.2) is 0 Å². The number of carbonyl (C=O) groups excluding carboxylic acids is 1. The van der Waals surface area contributed by atoms with Crippen LogP contribution in [-0.2, 0) is 4.79 Å². The highest BCUT2D eigenvalue weighted by atomic mass is 32.1. The lowest BCUT2D eigenvalue weighted by Gasteiger charge is -2.36. The van der Waals surface area contributed by atoms with Crippen molar-refractivity contribution in [2.75, 3.05) is 18.8 Å². The monoisotopic (exact) mass is 189 g/mol. The van der Waals surface area contributed by atoms with Crippen molar-refractivity contribution >= 4 is 18.5 Å². The second-order valence-corrected chi connectivity index (χ2v) is 3.89. The fraction of sp³-hybridized carbons (Fsp3) is 0.875. The van der Waals surface area contributed by atoms with E-state index in [-0.39, 0.29) is 11.7 Å². The molecule has 0 saturated carbocycles. The van der Waals surface area contributed by atoms with Crippen molar-refractivity contribution < 1.29 is 9.90 Å². The Morgan fingerprint density at radius 1 is 1.75 bits per heavy atom. The van der Waals surface area contributed by atoms with Crippen LogP contribution in [0.1, 0.15) is 19.8 Å². The number of hydrogen-bond donors (Lipinski definition) is 2. The van der Waals surface area contributed by atoms with Crippen molar-refractivity contribution in [1.29, 1.82) is 0 Å². The third-order valence-electron chi connectivity index (χ3n) is 2.16. The van der Waals surface area contributed by atoms with Crippen LogP contribution in [0.15, 0.2) is 0 Å². The van der Waals surface area contributed by atoms with Gasteiger partial charge in [-0.1, -0.05) is 0 Å². The van der Waals surface area contributed by atoms with Crippen LogP contribution < -0.4 is 0 Å². The number of amides is 1. The van der Waals surface area contributed by atoms with Crippen LogP contribution in [0.25, 0.3) is 0 Å². The van der Waals surface area contributed by atoms with Gasteiger partial charge in [0.05, 0.1) is 11.4 Å². The zero-order valence-corrected chi connectivity index (χ0v) is 8.18. The minimum atomic E-state index is -0.698. The van der Waals surface area contributed by atoms with E-state index in [4.69, 9.17) is 0 Å². The highest BCUT2D eigenvalue weighted by molar-refractivity contribution is 7.81. The van der Waals surface area contributed by atoms with E-state index in [2.05, 4.69) is 12.6 Å². The number of carbonyl (C=O) groups is 1. The van der Waals surface area contributed by atoms with Gasteiger partial charge in [0.25, 0.3) is 0 Å². The number of nitrogens with zero attached hydrogens (tertiary/aromatic N) is 1. The topological polar surface area (TPSA) is 40.5 Å². The number of thiol groups is 1. The molecule has 1 atom stereocenters. The first-order valence-electron chi connectivity index (χ1n) is 4.16. The Morgan fingerprint density at radius 2 is 2.42 bits per heavy atom. The number of piperidine rings is 1. The molecule has 1 amide bonds. The molecule has 70 valence electrons. The Kier molecular flexibility index (Phi) is 3.01. The zero-order chi connectivity index (χ0) is 9.19. The molecule has 1 aliphatic rings. The van der Waals surface area contributed by atoms with E-state index in [1.54, 1.807) is 11.8 Å². The second kappa shape index (κ2) is 3.66. The molecule has 1 rings (SSSR count). The molecule has 4 heteroatoms. The number of β-amino-alcohol motifs (C(OH)–C–C–N with tert-alkyl or cyclic N) is 1. The van der Waals surface area contributed by atoms with Gasteiger partial charge in [-0.15, -0.1) is 0 Å². The maximum atomic E-state index is 11.2. The van der Waals surface area contributed by atoms with Crippen LogP contribution >= 0.6 is 12.6 Å². The Hall–Kier alpha value is -0.220. The average Bonchev–Trinajstić information content (AvgIpc) is 2.01. The van der Waals surface area contributed by atoms with Gasteiger partial charge in [0, 0.05) is 13.1 Å². The van der Waals surface area contributed by atoms with E-state index >= 15 is 0 Å². The number of likely N-dealkylation sites (tertiary alicyclic amines) is 1. The molecular weight excluding hydrogens is 174 g/mol. The van der Waals surface area contributed by atoms with Crippen molar-refractivity contribution in [3.05, 3.63) is 0 Å². The molecule has 0 spiro atoms. The third kappa shape index (κ3) is 2.38. The molecule has 0 bridgehead atoms. The second-order valence-electron chi connectivity index (χ2n) is 3.57. The Bertz CT molecular complexity index is 182. The number of hydrogen-bond acceptors (Lipinski definition) is 3. The van der Waals surface area contributed by atoms with Crippen LogP contribution in [0.5, 0.6) is 0 Å². The summed E-state index contributed by atoms with van der Waals surface area (Å²) < 4.78 is 0. The van der Waals surface area contributed by atoms with Gasteiger partial charge in [0.1, 0.15) is 0 Å². The highest BCUT2D eigenvalue weighted by Crippen LogP contribution is 2.20. The molecule has 0 aromatic heterocycles. The molecule has 1 fully saturated rings. The quantitative estimate of drug-likeness (QED) is 0.582. The van der Waals surface area contributed by atoms with Gasteiger partial charge in [-0.2, -0.15) is 12.6 Å². The van der Waals surface area contributed by atoms with Gasteiger partial charge in [0.2, 0.25) is 5.91 Å². The first kappa shape index (κ1) is 9.86. The lowest BCUT2D eigenvalue weighted by atomic mass is 9.95. The lowest BCUT2D eigenvalue weighted by Crippen LogP contribution is -2.49. The molecule has 0 radical (unpaired) electrons. The number of aliphatic hydroxyl groups is 1. The first-order valence-corrected chi connectivity index (χ1v) is 4.79. The molecule has 1 N–H and O–H groups in total. The van der Waals surface area contributed by atoms with E-state index in [0.717, 1.165) is 19.4 Å². The zero-order valence-electron chi connectivity index (χ0n) is 7.29. The Balaban J connectivity index is 2.52. The van der Waals surface area contributed by atoms with Crippen molar-refractivity contribution in [2.24, 2.45) is 0 Å². The Labute approximate surface area is 78.2 Å². The molecule has 1 unspecified atom stereocenters. The van der Waals surface area contributed by atoms with Crippen molar-refractivity contribution in [3.8, 4) is 0 Å². The van der Waals surface area contributed by atoms with E-state index < -0.39 is 5.60 Å². The van der Waals surface area contributed by atoms with E-state index in [1.807, 2.05) is 0 Å². The van der Waals surface area contributed by atoms with Crippen molar-refractivity contribution in [2.45, 2.75) is 25.4 Å². The van der Waals surface area contributed by atoms with Gasteiger partial charge < -0.3 is 10.0 Å². The van der Waals surface area contributed by atoms with E-state index in [0.29, 0.717) is 6.54 Å². The van der Waals surface area contributed by atoms with Crippen LogP contribution in [0.3, 0.4) is 0 Å². The summed E-state index contributed by atoms with van der Waals surface area (Å²) in [6.07, 6.45) is 1.66. The Morgan fingerprint density at radius 3 is 2.92 bits per heavy atom. The van der Waals surface area contributed by atoms with E-state index in [1.165, 1.54) is 0 Å². The third-order valence-corrected chi connectivity index (χ3v) is 2.43. The summed E-state index contributed by atoms with van der Waals surface area (Å²) in [5.41, 5.74) is -0.698. The molecule has 0 aromatic rings. The fourth-order valence-electron chi connectivity index (χ4n) is 1.53.